The number of carbonyl (C=O) groups is 1. The lowest BCUT2D eigenvalue weighted by molar-refractivity contribution is -0.125. The fraction of sp³-hybridized carbons (Fsp3) is 0.769. The lowest BCUT2D eigenvalue weighted by Crippen LogP contribution is -2.40. The zero-order valence-corrected chi connectivity index (χ0v) is 9.82. The zero-order chi connectivity index (χ0) is 11.4. The molecule has 0 aromatic rings. The first-order chi connectivity index (χ1) is 7.77. The molecule has 3 nitrogen and oxygen atoms in total. The Hall–Kier alpha value is -0.830. The monoisotopic (exact) mass is 222 g/mol. The molecule has 2 aliphatic rings. The third-order valence-corrected chi connectivity index (χ3v) is 3.85. The number of hydrogen-bond acceptors (Lipinski definition) is 2. The molecule has 0 saturated heterocycles. The third-order valence-electron chi connectivity index (χ3n) is 3.85. The topological polar surface area (TPSA) is 55.1 Å². The van der Waals surface area contributed by atoms with Crippen LogP contribution >= 0.6 is 0 Å². The first kappa shape index (κ1) is 11.6. The summed E-state index contributed by atoms with van der Waals surface area (Å²) in [7, 11) is 0. The van der Waals surface area contributed by atoms with Crippen molar-refractivity contribution in [3.63, 3.8) is 0 Å². The molecular formula is C13H22N2O. The highest BCUT2D eigenvalue weighted by molar-refractivity contribution is 5.79. The molecule has 16 heavy (non-hydrogen) atoms. The highest BCUT2D eigenvalue weighted by Gasteiger charge is 2.30. The van der Waals surface area contributed by atoms with Crippen LogP contribution in [-0.2, 0) is 4.79 Å². The Kier molecular flexibility index (Phi) is 3.99. The summed E-state index contributed by atoms with van der Waals surface area (Å²) in [4.78, 5) is 11.9. The summed E-state index contributed by atoms with van der Waals surface area (Å²) in [5.74, 6) is 0.880. The van der Waals surface area contributed by atoms with Gasteiger partial charge in [0.15, 0.2) is 0 Å². The molecule has 3 atom stereocenters. The van der Waals surface area contributed by atoms with Crippen LogP contribution in [-0.4, -0.2) is 18.5 Å². The highest BCUT2D eigenvalue weighted by Crippen LogP contribution is 2.24. The van der Waals surface area contributed by atoms with Crippen LogP contribution in [0.3, 0.4) is 0 Å². The number of hydrogen-bond donors (Lipinski definition) is 2. The van der Waals surface area contributed by atoms with Crippen molar-refractivity contribution in [3.05, 3.63) is 12.2 Å². The predicted molar refractivity (Wildman–Crippen MR) is 64.8 cm³/mol. The molecule has 3 N–H and O–H groups in total. The van der Waals surface area contributed by atoms with Gasteiger partial charge < -0.3 is 11.1 Å². The third kappa shape index (κ3) is 2.85. The zero-order valence-electron chi connectivity index (χ0n) is 9.82. The van der Waals surface area contributed by atoms with E-state index in [1.54, 1.807) is 0 Å². The Labute approximate surface area is 97.5 Å². The number of nitrogens with one attached hydrogen (secondary N) is 1. The van der Waals surface area contributed by atoms with Gasteiger partial charge in [-0.1, -0.05) is 18.6 Å². The molecule has 2 aliphatic carbocycles. The van der Waals surface area contributed by atoms with E-state index in [1.165, 1.54) is 6.42 Å². The minimum atomic E-state index is 0.0686. The molecule has 0 aliphatic heterocycles. The first-order valence-electron chi connectivity index (χ1n) is 6.45. The van der Waals surface area contributed by atoms with E-state index >= 15 is 0 Å². The van der Waals surface area contributed by atoms with Gasteiger partial charge in [0, 0.05) is 12.6 Å². The Bertz CT molecular complexity index is 275. The standard InChI is InChI=1S/C13H22N2O/c14-12-8-4-7-11(12)13(16)15-9-10-5-2-1-3-6-10/h1-2,10-12H,3-9,14H2,(H,15,16). The molecule has 0 radical (unpaired) electrons. The Balaban J connectivity index is 1.72. The van der Waals surface area contributed by atoms with Crippen LogP contribution in [0.15, 0.2) is 12.2 Å². The van der Waals surface area contributed by atoms with Gasteiger partial charge in [-0.3, -0.25) is 4.79 Å². The lowest BCUT2D eigenvalue weighted by Gasteiger charge is -2.20. The number of rotatable bonds is 3. The van der Waals surface area contributed by atoms with Crippen molar-refractivity contribution in [2.24, 2.45) is 17.6 Å². The summed E-state index contributed by atoms with van der Waals surface area (Å²) in [6.45, 7) is 0.826. The molecule has 0 spiro atoms. The van der Waals surface area contributed by atoms with Crippen LogP contribution < -0.4 is 11.1 Å². The van der Waals surface area contributed by atoms with Crippen molar-refractivity contribution in [1.29, 1.82) is 0 Å². The summed E-state index contributed by atoms with van der Waals surface area (Å²) in [5.41, 5.74) is 5.92. The molecule has 90 valence electrons. The van der Waals surface area contributed by atoms with E-state index in [4.69, 9.17) is 5.73 Å². The molecule has 0 bridgehead atoms. The molecule has 0 aromatic carbocycles. The summed E-state index contributed by atoms with van der Waals surface area (Å²) < 4.78 is 0. The van der Waals surface area contributed by atoms with Crippen molar-refractivity contribution in [1.82, 2.24) is 5.32 Å². The van der Waals surface area contributed by atoms with Gasteiger partial charge in [-0.15, -0.1) is 0 Å². The number of allylic oxidation sites excluding steroid dienone is 2. The number of carbonyl (C=O) groups excluding carboxylic acids is 1. The van der Waals surface area contributed by atoms with Crippen LogP contribution in [0.2, 0.25) is 0 Å². The SMILES string of the molecule is NC1CCCC1C(=O)NCC1CC=CCC1. The molecular weight excluding hydrogens is 200 g/mol. The van der Waals surface area contributed by atoms with Gasteiger partial charge in [0.2, 0.25) is 5.91 Å². The van der Waals surface area contributed by atoms with Gasteiger partial charge in [-0.2, -0.15) is 0 Å². The number of nitrogens with two attached hydrogens (primary N) is 1. The molecule has 2 rings (SSSR count). The summed E-state index contributed by atoms with van der Waals surface area (Å²) >= 11 is 0. The first-order valence-corrected chi connectivity index (χ1v) is 6.45. The van der Waals surface area contributed by atoms with Crippen molar-refractivity contribution >= 4 is 5.91 Å². The lowest BCUT2D eigenvalue weighted by atomic mass is 9.94. The van der Waals surface area contributed by atoms with Crippen LogP contribution in [0.25, 0.3) is 0 Å². The maximum atomic E-state index is 11.9. The average molecular weight is 222 g/mol. The molecule has 1 fully saturated rings. The summed E-state index contributed by atoms with van der Waals surface area (Å²) in [5, 5.41) is 3.07. The largest absolute Gasteiger partial charge is 0.356 e. The van der Waals surface area contributed by atoms with Gasteiger partial charge >= 0.3 is 0 Å². The fourth-order valence-corrected chi connectivity index (χ4v) is 2.73. The number of amides is 1. The Morgan fingerprint density at radius 3 is 2.81 bits per heavy atom. The molecule has 0 aromatic heterocycles. The van der Waals surface area contributed by atoms with Gasteiger partial charge in [-0.25, -0.2) is 0 Å². The molecule has 1 saturated carbocycles. The molecule has 0 heterocycles. The van der Waals surface area contributed by atoms with Crippen LogP contribution in [0, 0.1) is 11.8 Å². The smallest absolute Gasteiger partial charge is 0.224 e. The maximum Gasteiger partial charge on any atom is 0.224 e. The van der Waals surface area contributed by atoms with E-state index < -0.39 is 0 Å². The fourth-order valence-electron chi connectivity index (χ4n) is 2.73. The van der Waals surface area contributed by atoms with Crippen LogP contribution in [0.5, 0.6) is 0 Å². The Morgan fingerprint density at radius 1 is 1.31 bits per heavy atom. The predicted octanol–water partition coefficient (Wildman–Crippen LogP) is 1.59. The van der Waals surface area contributed by atoms with E-state index in [-0.39, 0.29) is 17.9 Å². The van der Waals surface area contributed by atoms with Gasteiger partial charge in [0.1, 0.15) is 0 Å². The van der Waals surface area contributed by atoms with E-state index in [2.05, 4.69) is 17.5 Å². The quantitative estimate of drug-likeness (QED) is 0.712. The maximum absolute atomic E-state index is 11.9. The molecule has 3 heteroatoms. The van der Waals surface area contributed by atoms with E-state index in [1.807, 2.05) is 0 Å². The molecule has 3 unspecified atom stereocenters. The summed E-state index contributed by atoms with van der Waals surface area (Å²) in [6, 6.07) is 0.0891. The van der Waals surface area contributed by atoms with E-state index in [0.717, 1.165) is 38.6 Å². The normalized spacial score (nSPS) is 33.9. The van der Waals surface area contributed by atoms with Crippen LogP contribution in [0.4, 0.5) is 0 Å². The van der Waals surface area contributed by atoms with Crippen molar-refractivity contribution < 1.29 is 4.79 Å². The van der Waals surface area contributed by atoms with E-state index in [0.29, 0.717) is 5.92 Å². The Morgan fingerprint density at radius 2 is 2.19 bits per heavy atom. The second-order valence-electron chi connectivity index (χ2n) is 5.10. The minimum absolute atomic E-state index is 0.0686. The van der Waals surface area contributed by atoms with Crippen molar-refractivity contribution in [2.75, 3.05) is 6.54 Å². The van der Waals surface area contributed by atoms with Crippen molar-refractivity contribution in [3.8, 4) is 0 Å². The van der Waals surface area contributed by atoms with Crippen LogP contribution in [0.1, 0.15) is 38.5 Å². The van der Waals surface area contributed by atoms with Crippen molar-refractivity contribution in [2.45, 2.75) is 44.6 Å². The minimum Gasteiger partial charge on any atom is -0.356 e. The molecule has 1 amide bonds. The van der Waals surface area contributed by atoms with Gasteiger partial charge in [0.05, 0.1) is 5.92 Å². The average Bonchev–Trinajstić information content (AvgIpc) is 2.74. The second-order valence-corrected chi connectivity index (χ2v) is 5.10. The van der Waals surface area contributed by atoms with Gasteiger partial charge in [0.25, 0.3) is 0 Å². The highest BCUT2D eigenvalue weighted by atomic mass is 16.1. The summed E-state index contributed by atoms with van der Waals surface area (Å²) in [6.07, 6.45) is 11.0. The van der Waals surface area contributed by atoms with Gasteiger partial charge in [-0.05, 0) is 38.0 Å². The second kappa shape index (κ2) is 5.48. The van der Waals surface area contributed by atoms with E-state index in [9.17, 15) is 4.79 Å².